The molecule has 2 aromatic rings. The number of H-pyrrole nitrogens is 1. The average molecular weight is 286 g/mol. The van der Waals surface area contributed by atoms with Crippen LogP contribution in [0.3, 0.4) is 0 Å². The van der Waals surface area contributed by atoms with E-state index < -0.39 is 5.54 Å². The zero-order valence-corrected chi connectivity index (χ0v) is 12.4. The van der Waals surface area contributed by atoms with Crippen LogP contribution in [0.4, 0.5) is 0 Å². The number of aromatic nitrogens is 2. The lowest BCUT2D eigenvalue weighted by atomic mass is 9.97. The number of piperazine rings is 1. The van der Waals surface area contributed by atoms with Crippen molar-refractivity contribution in [1.29, 1.82) is 0 Å². The standard InChI is InChI=1S/C15H18N4O2/c1-15(2)14(21)18(3)8-9-19(15)13(20)12-10-6-4-5-7-11(10)16-17-12/h4-7H,8-9H2,1-3H3,(H,16,17). The van der Waals surface area contributed by atoms with Crippen molar-refractivity contribution in [2.45, 2.75) is 19.4 Å². The third-order valence-electron chi connectivity index (χ3n) is 4.12. The van der Waals surface area contributed by atoms with Crippen molar-refractivity contribution in [2.24, 2.45) is 0 Å². The van der Waals surface area contributed by atoms with Crippen LogP contribution in [-0.2, 0) is 4.79 Å². The second-order valence-corrected chi connectivity index (χ2v) is 5.86. The molecule has 1 fully saturated rings. The number of hydrogen-bond donors (Lipinski definition) is 1. The molecule has 2 heterocycles. The Bertz CT molecular complexity index is 719. The van der Waals surface area contributed by atoms with E-state index >= 15 is 0 Å². The maximum absolute atomic E-state index is 12.8. The topological polar surface area (TPSA) is 69.3 Å². The zero-order valence-electron chi connectivity index (χ0n) is 12.4. The van der Waals surface area contributed by atoms with Gasteiger partial charge in [0.1, 0.15) is 5.54 Å². The molecule has 1 N–H and O–H groups in total. The van der Waals surface area contributed by atoms with Crippen molar-refractivity contribution in [3.05, 3.63) is 30.0 Å². The van der Waals surface area contributed by atoms with Crippen LogP contribution in [-0.4, -0.2) is 57.5 Å². The summed E-state index contributed by atoms with van der Waals surface area (Å²) in [6.45, 7) is 4.60. The first kappa shape index (κ1) is 13.6. The number of benzene rings is 1. The van der Waals surface area contributed by atoms with Gasteiger partial charge in [-0.15, -0.1) is 0 Å². The van der Waals surface area contributed by atoms with E-state index in [0.717, 1.165) is 10.9 Å². The number of carbonyl (C=O) groups is 2. The number of rotatable bonds is 1. The average Bonchev–Trinajstić information content (AvgIpc) is 2.88. The van der Waals surface area contributed by atoms with Crippen molar-refractivity contribution in [3.8, 4) is 0 Å². The van der Waals surface area contributed by atoms with E-state index in [0.29, 0.717) is 18.8 Å². The fraction of sp³-hybridized carbons (Fsp3) is 0.400. The van der Waals surface area contributed by atoms with E-state index in [1.165, 1.54) is 0 Å². The normalized spacial score (nSPS) is 18.3. The summed E-state index contributed by atoms with van der Waals surface area (Å²) in [4.78, 5) is 28.4. The van der Waals surface area contributed by atoms with Crippen LogP contribution in [0, 0.1) is 0 Å². The first-order valence-corrected chi connectivity index (χ1v) is 6.93. The van der Waals surface area contributed by atoms with E-state index in [-0.39, 0.29) is 11.8 Å². The Morgan fingerprint density at radius 2 is 2.00 bits per heavy atom. The lowest BCUT2D eigenvalue weighted by Crippen LogP contribution is -2.63. The lowest BCUT2D eigenvalue weighted by molar-refractivity contribution is -0.144. The number of amides is 2. The van der Waals surface area contributed by atoms with E-state index in [9.17, 15) is 9.59 Å². The van der Waals surface area contributed by atoms with Crippen LogP contribution in [0.1, 0.15) is 24.3 Å². The third-order valence-corrected chi connectivity index (χ3v) is 4.12. The van der Waals surface area contributed by atoms with Crippen LogP contribution in [0.5, 0.6) is 0 Å². The molecular weight excluding hydrogens is 268 g/mol. The Morgan fingerprint density at radius 1 is 1.29 bits per heavy atom. The number of fused-ring (bicyclic) bond motifs is 1. The number of nitrogens with zero attached hydrogens (tertiary/aromatic N) is 3. The summed E-state index contributed by atoms with van der Waals surface area (Å²) in [6.07, 6.45) is 0. The van der Waals surface area contributed by atoms with E-state index in [1.54, 1.807) is 30.7 Å². The molecule has 0 spiro atoms. The predicted octanol–water partition coefficient (Wildman–Crippen LogP) is 1.26. The molecular formula is C15H18N4O2. The Kier molecular flexibility index (Phi) is 2.97. The number of para-hydroxylation sites is 1. The van der Waals surface area contributed by atoms with Gasteiger partial charge in [0.2, 0.25) is 5.91 Å². The first-order chi connectivity index (χ1) is 9.93. The molecule has 0 saturated carbocycles. The number of aromatic amines is 1. The Balaban J connectivity index is 2.00. The summed E-state index contributed by atoms with van der Waals surface area (Å²) in [5.74, 6) is -0.263. The van der Waals surface area contributed by atoms with E-state index in [1.807, 2.05) is 24.3 Å². The number of carbonyl (C=O) groups excluding carboxylic acids is 2. The maximum Gasteiger partial charge on any atom is 0.275 e. The fourth-order valence-corrected chi connectivity index (χ4v) is 2.82. The van der Waals surface area contributed by atoms with Gasteiger partial charge in [-0.1, -0.05) is 18.2 Å². The number of hydrogen-bond acceptors (Lipinski definition) is 3. The van der Waals surface area contributed by atoms with Gasteiger partial charge in [0.15, 0.2) is 5.69 Å². The van der Waals surface area contributed by atoms with Crippen LogP contribution >= 0.6 is 0 Å². The fourth-order valence-electron chi connectivity index (χ4n) is 2.82. The third kappa shape index (κ3) is 1.98. The minimum atomic E-state index is -0.857. The van der Waals surface area contributed by atoms with E-state index in [2.05, 4.69) is 10.2 Å². The van der Waals surface area contributed by atoms with Crippen molar-refractivity contribution >= 4 is 22.7 Å². The quantitative estimate of drug-likeness (QED) is 0.858. The minimum absolute atomic E-state index is 0.0538. The van der Waals surface area contributed by atoms with Crippen molar-refractivity contribution in [2.75, 3.05) is 20.1 Å². The summed E-state index contributed by atoms with van der Waals surface area (Å²) in [5.41, 5.74) is 0.333. The van der Waals surface area contributed by atoms with E-state index in [4.69, 9.17) is 0 Å². The first-order valence-electron chi connectivity index (χ1n) is 6.93. The van der Waals surface area contributed by atoms with Crippen LogP contribution < -0.4 is 0 Å². The van der Waals surface area contributed by atoms with Crippen molar-refractivity contribution < 1.29 is 9.59 Å². The highest BCUT2D eigenvalue weighted by molar-refractivity contribution is 6.06. The van der Waals surface area contributed by atoms with Gasteiger partial charge in [-0.05, 0) is 19.9 Å². The highest BCUT2D eigenvalue weighted by Crippen LogP contribution is 2.25. The van der Waals surface area contributed by atoms with Crippen LogP contribution in [0.15, 0.2) is 24.3 Å². The molecule has 6 heteroatoms. The molecule has 1 aliphatic rings. The zero-order chi connectivity index (χ0) is 15.2. The summed E-state index contributed by atoms with van der Waals surface area (Å²) < 4.78 is 0. The molecule has 21 heavy (non-hydrogen) atoms. The van der Waals surface area contributed by atoms with Gasteiger partial charge >= 0.3 is 0 Å². The molecule has 0 atom stereocenters. The van der Waals surface area contributed by atoms with Crippen molar-refractivity contribution in [1.82, 2.24) is 20.0 Å². The van der Waals surface area contributed by atoms with Gasteiger partial charge in [0, 0.05) is 25.5 Å². The molecule has 110 valence electrons. The molecule has 3 rings (SSSR count). The molecule has 0 radical (unpaired) electrons. The maximum atomic E-state index is 12.8. The lowest BCUT2D eigenvalue weighted by Gasteiger charge is -2.44. The predicted molar refractivity (Wildman–Crippen MR) is 78.8 cm³/mol. The minimum Gasteiger partial charge on any atom is -0.342 e. The van der Waals surface area contributed by atoms with Gasteiger partial charge in [-0.2, -0.15) is 5.10 Å². The summed E-state index contributed by atoms with van der Waals surface area (Å²) >= 11 is 0. The summed E-state index contributed by atoms with van der Waals surface area (Å²) in [5, 5.41) is 7.78. The molecule has 2 amide bonds. The molecule has 1 aromatic carbocycles. The van der Waals surface area contributed by atoms with Gasteiger partial charge < -0.3 is 9.80 Å². The molecule has 1 aliphatic heterocycles. The Morgan fingerprint density at radius 3 is 2.76 bits per heavy atom. The van der Waals surface area contributed by atoms with Gasteiger partial charge in [0.25, 0.3) is 5.91 Å². The van der Waals surface area contributed by atoms with Gasteiger partial charge in [0.05, 0.1) is 5.52 Å². The molecule has 0 unspecified atom stereocenters. The molecule has 0 aliphatic carbocycles. The Labute approximate surface area is 122 Å². The number of nitrogens with one attached hydrogen (secondary N) is 1. The smallest absolute Gasteiger partial charge is 0.275 e. The molecule has 6 nitrogen and oxygen atoms in total. The SMILES string of the molecule is CN1CCN(C(=O)c2n[nH]c3ccccc23)C(C)(C)C1=O. The highest BCUT2D eigenvalue weighted by Gasteiger charge is 2.43. The summed E-state index contributed by atoms with van der Waals surface area (Å²) in [6, 6.07) is 7.49. The Hall–Kier alpha value is -2.37. The highest BCUT2D eigenvalue weighted by atomic mass is 16.2. The molecule has 1 saturated heterocycles. The van der Waals surface area contributed by atoms with Gasteiger partial charge in [-0.25, -0.2) is 0 Å². The second kappa shape index (κ2) is 4.58. The number of likely N-dealkylation sites (N-methyl/N-ethyl adjacent to an activating group) is 1. The largest absolute Gasteiger partial charge is 0.342 e. The molecule has 1 aromatic heterocycles. The van der Waals surface area contributed by atoms with Crippen LogP contribution in [0.25, 0.3) is 10.9 Å². The molecule has 0 bridgehead atoms. The van der Waals surface area contributed by atoms with Gasteiger partial charge in [-0.3, -0.25) is 14.7 Å². The second-order valence-electron chi connectivity index (χ2n) is 5.86. The van der Waals surface area contributed by atoms with Crippen molar-refractivity contribution in [3.63, 3.8) is 0 Å². The summed E-state index contributed by atoms with van der Waals surface area (Å²) in [7, 11) is 1.76. The monoisotopic (exact) mass is 286 g/mol. The van der Waals surface area contributed by atoms with Crippen LogP contribution in [0.2, 0.25) is 0 Å².